The highest BCUT2D eigenvalue weighted by atomic mass is 16.5. The van der Waals surface area contributed by atoms with Gasteiger partial charge in [-0.3, -0.25) is 4.79 Å². The number of benzene rings is 1. The molecule has 106 valence electrons. The predicted octanol–water partition coefficient (Wildman–Crippen LogP) is 4.71. The molecular weight excluding hydrogens is 248 g/mol. The van der Waals surface area contributed by atoms with Crippen LogP contribution in [0.25, 0.3) is 0 Å². The van der Waals surface area contributed by atoms with Crippen molar-refractivity contribution in [1.29, 1.82) is 0 Å². The van der Waals surface area contributed by atoms with Crippen LogP contribution in [0.5, 0.6) is 5.75 Å². The Morgan fingerprint density at radius 1 is 1.05 bits per heavy atom. The maximum atomic E-state index is 11.9. The summed E-state index contributed by atoms with van der Waals surface area (Å²) >= 11 is 0. The highest BCUT2D eigenvalue weighted by Gasteiger charge is 2.12. The van der Waals surface area contributed by atoms with Gasteiger partial charge in [-0.15, -0.1) is 0 Å². The van der Waals surface area contributed by atoms with Gasteiger partial charge in [-0.1, -0.05) is 50.8 Å². The Labute approximate surface area is 121 Å². The Kier molecular flexibility index (Phi) is 5.60. The van der Waals surface area contributed by atoms with Crippen molar-refractivity contribution in [1.82, 2.24) is 0 Å². The fourth-order valence-electron chi connectivity index (χ4n) is 2.11. The summed E-state index contributed by atoms with van der Waals surface area (Å²) in [7, 11) is 0. The minimum atomic E-state index is 0.0821. The molecular formula is C18H22O2. The summed E-state index contributed by atoms with van der Waals surface area (Å²) in [6.07, 6.45) is 11.7. The summed E-state index contributed by atoms with van der Waals surface area (Å²) in [5.74, 6) is 0.925. The van der Waals surface area contributed by atoms with Gasteiger partial charge in [0.15, 0.2) is 5.78 Å². The Bertz CT molecular complexity index is 495. The molecule has 0 unspecified atom stereocenters. The standard InChI is InChI=1S/C18H22O2/c1-2-3-4-5-6-14-20-17-12-10-16(11-13-17)18(19)15-8-7-9-15/h7-13H,2-6,14H2,1H3. The maximum absolute atomic E-state index is 11.9. The number of rotatable bonds is 9. The summed E-state index contributed by atoms with van der Waals surface area (Å²) in [5, 5.41) is 0. The lowest BCUT2D eigenvalue weighted by molar-refractivity contribution is 0.103. The third-order valence-corrected chi connectivity index (χ3v) is 3.45. The van der Waals surface area contributed by atoms with Crippen LogP contribution in [0.1, 0.15) is 49.4 Å². The molecule has 0 aliphatic heterocycles. The van der Waals surface area contributed by atoms with E-state index in [0.717, 1.165) is 29.9 Å². The summed E-state index contributed by atoms with van der Waals surface area (Å²) in [5.41, 5.74) is 1.49. The molecule has 20 heavy (non-hydrogen) atoms. The molecule has 2 nitrogen and oxygen atoms in total. The topological polar surface area (TPSA) is 26.3 Å². The molecule has 1 aromatic carbocycles. The highest BCUT2D eigenvalue weighted by Crippen LogP contribution is 2.18. The molecule has 2 heteroatoms. The van der Waals surface area contributed by atoms with Gasteiger partial charge in [-0.2, -0.15) is 0 Å². The van der Waals surface area contributed by atoms with Crippen molar-refractivity contribution >= 4 is 5.78 Å². The molecule has 0 saturated carbocycles. The van der Waals surface area contributed by atoms with Crippen LogP contribution in [0, 0.1) is 0 Å². The number of unbranched alkanes of at least 4 members (excludes halogenated alkanes) is 4. The van der Waals surface area contributed by atoms with E-state index in [1.54, 1.807) is 0 Å². The molecule has 1 aliphatic carbocycles. The average molecular weight is 270 g/mol. The van der Waals surface area contributed by atoms with Crippen LogP contribution in [-0.2, 0) is 0 Å². The summed E-state index contributed by atoms with van der Waals surface area (Å²) < 4.78 is 5.68. The second-order valence-electron chi connectivity index (χ2n) is 5.10. The van der Waals surface area contributed by atoms with Crippen LogP contribution in [-0.4, -0.2) is 12.4 Å². The Hall–Kier alpha value is -1.83. The van der Waals surface area contributed by atoms with Gasteiger partial charge in [0, 0.05) is 11.1 Å². The number of allylic oxidation sites excluding steroid dienone is 4. The van der Waals surface area contributed by atoms with Gasteiger partial charge in [-0.25, -0.2) is 0 Å². The van der Waals surface area contributed by atoms with Gasteiger partial charge in [-0.05, 0) is 30.7 Å². The van der Waals surface area contributed by atoms with E-state index in [-0.39, 0.29) is 5.78 Å². The quantitative estimate of drug-likeness (QED) is 0.479. The molecule has 2 rings (SSSR count). The van der Waals surface area contributed by atoms with Crippen molar-refractivity contribution in [2.45, 2.75) is 39.0 Å². The van der Waals surface area contributed by atoms with Crippen LogP contribution < -0.4 is 4.74 Å². The molecule has 1 aliphatic rings. The molecule has 1 aromatic rings. The van der Waals surface area contributed by atoms with Crippen LogP contribution in [0.2, 0.25) is 0 Å². The smallest absolute Gasteiger partial charge is 0.193 e. The Morgan fingerprint density at radius 2 is 1.75 bits per heavy atom. The van der Waals surface area contributed by atoms with Gasteiger partial charge >= 0.3 is 0 Å². The van der Waals surface area contributed by atoms with E-state index in [4.69, 9.17) is 4.74 Å². The van der Waals surface area contributed by atoms with E-state index in [1.807, 2.05) is 42.5 Å². The molecule has 0 saturated heterocycles. The van der Waals surface area contributed by atoms with Crippen molar-refractivity contribution in [3.05, 3.63) is 53.6 Å². The first-order valence-electron chi connectivity index (χ1n) is 7.47. The van der Waals surface area contributed by atoms with E-state index < -0.39 is 0 Å². The second kappa shape index (κ2) is 7.68. The van der Waals surface area contributed by atoms with Gasteiger partial charge in [0.2, 0.25) is 0 Å². The first-order valence-corrected chi connectivity index (χ1v) is 7.47. The summed E-state index contributed by atoms with van der Waals surface area (Å²) in [6, 6.07) is 7.42. The lowest BCUT2D eigenvalue weighted by atomic mass is 9.98. The van der Waals surface area contributed by atoms with E-state index >= 15 is 0 Å². The zero-order valence-corrected chi connectivity index (χ0v) is 12.1. The maximum Gasteiger partial charge on any atom is 0.193 e. The zero-order valence-electron chi connectivity index (χ0n) is 12.1. The lowest BCUT2D eigenvalue weighted by Crippen LogP contribution is -2.04. The second-order valence-corrected chi connectivity index (χ2v) is 5.10. The molecule has 0 atom stereocenters. The van der Waals surface area contributed by atoms with Crippen LogP contribution >= 0.6 is 0 Å². The minimum Gasteiger partial charge on any atom is -0.494 e. The summed E-state index contributed by atoms with van der Waals surface area (Å²) in [6.45, 7) is 2.97. The third-order valence-electron chi connectivity index (χ3n) is 3.45. The van der Waals surface area contributed by atoms with Crippen molar-refractivity contribution in [2.75, 3.05) is 6.61 Å². The Balaban J connectivity index is 1.73. The fourth-order valence-corrected chi connectivity index (χ4v) is 2.11. The van der Waals surface area contributed by atoms with Crippen molar-refractivity contribution in [2.24, 2.45) is 0 Å². The predicted molar refractivity (Wildman–Crippen MR) is 82.2 cm³/mol. The minimum absolute atomic E-state index is 0.0821. The number of carbonyl (C=O) groups is 1. The van der Waals surface area contributed by atoms with Gasteiger partial charge < -0.3 is 4.74 Å². The molecule has 0 spiro atoms. The van der Waals surface area contributed by atoms with Crippen molar-refractivity contribution in [3.8, 4) is 5.75 Å². The summed E-state index contributed by atoms with van der Waals surface area (Å²) in [4.78, 5) is 11.9. The Morgan fingerprint density at radius 3 is 2.35 bits per heavy atom. The van der Waals surface area contributed by atoms with E-state index in [1.165, 1.54) is 25.7 Å². The molecule has 0 heterocycles. The van der Waals surface area contributed by atoms with Crippen LogP contribution in [0.15, 0.2) is 48.1 Å². The lowest BCUT2D eigenvalue weighted by Gasteiger charge is -2.08. The SMILES string of the molecule is CCCCCCCOc1ccc(C(=O)C2=CC=C2)cc1. The number of carbonyl (C=O) groups excluding carboxylic acids is 1. The largest absolute Gasteiger partial charge is 0.494 e. The molecule has 0 aromatic heterocycles. The highest BCUT2D eigenvalue weighted by molar-refractivity contribution is 6.11. The molecule has 0 fully saturated rings. The van der Waals surface area contributed by atoms with Gasteiger partial charge in [0.1, 0.15) is 5.75 Å². The molecule has 0 amide bonds. The van der Waals surface area contributed by atoms with E-state index in [0.29, 0.717) is 0 Å². The number of hydrogen-bond acceptors (Lipinski definition) is 2. The van der Waals surface area contributed by atoms with Gasteiger partial charge in [0.25, 0.3) is 0 Å². The number of Topliss-reactive ketones (excluding diaryl/α,β-unsaturated/α-hetero) is 1. The number of ether oxygens (including phenoxy) is 1. The van der Waals surface area contributed by atoms with Crippen LogP contribution in [0.4, 0.5) is 0 Å². The molecule has 0 radical (unpaired) electrons. The third kappa shape index (κ3) is 4.09. The van der Waals surface area contributed by atoms with E-state index in [2.05, 4.69) is 6.92 Å². The first-order chi connectivity index (χ1) is 9.81. The van der Waals surface area contributed by atoms with Crippen molar-refractivity contribution in [3.63, 3.8) is 0 Å². The average Bonchev–Trinajstić information content (AvgIpc) is 2.41. The van der Waals surface area contributed by atoms with Crippen molar-refractivity contribution < 1.29 is 9.53 Å². The normalized spacial score (nSPS) is 12.8. The van der Waals surface area contributed by atoms with E-state index in [9.17, 15) is 4.79 Å². The molecule has 0 bridgehead atoms. The van der Waals surface area contributed by atoms with Crippen LogP contribution in [0.3, 0.4) is 0 Å². The fraction of sp³-hybridized carbons (Fsp3) is 0.389. The number of hydrogen-bond donors (Lipinski definition) is 0. The zero-order chi connectivity index (χ0) is 14.2. The van der Waals surface area contributed by atoms with Gasteiger partial charge in [0.05, 0.1) is 6.61 Å². The first kappa shape index (κ1) is 14.6. The molecule has 0 N–H and O–H groups in total. The number of ketones is 1. The monoisotopic (exact) mass is 270 g/mol.